The van der Waals surface area contributed by atoms with Gasteiger partial charge in [0.25, 0.3) is 0 Å². The molecule has 0 fully saturated rings. The van der Waals surface area contributed by atoms with Crippen LogP contribution in [-0.4, -0.2) is 13.5 Å². The summed E-state index contributed by atoms with van der Waals surface area (Å²) in [6.45, 7) is 0. The van der Waals surface area contributed by atoms with Crippen LogP contribution >= 0.6 is 0 Å². The van der Waals surface area contributed by atoms with Gasteiger partial charge in [-0.3, -0.25) is 0 Å². The van der Waals surface area contributed by atoms with Gasteiger partial charge in [0.15, 0.2) is 0 Å². The van der Waals surface area contributed by atoms with Crippen molar-refractivity contribution in [1.82, 2.24) is 4.69 Å². The van der Waals surface area contributed by atoms with Crippen LogP contribution in [0.25, 0.3) is 0 Å². The van der Waals surface area contributed by atoms with Crippen LogP contribution < -0.4 is 4.69 Å². The molecule has 0 aromatic heterocycles. The van der Waals surface area contributed by atoms with Gasteiger partial charge in [0.1, 0.15) is 0 Å². The molecule has 0 saturated carbocycles. The molecule has 30 valence electrons. The second-order valence-electron chi connectivity index (χ2n) is 2.17. The van der Waals surface area contributed by atoms with Gasteiger partial charge in [-0.2, -0.15) is 0 Å². The topological polar surface area (TPSA) is 22.3 Å². The molecule has 0 N–H and O–H groups in total. The standard InChI is InChI=1S/C3H9GeN/c1-4(2,3)5/h1-3H3. The predicted molar refractivity (Wildman–Crippen MR) is 25.5 cm³/mol. The van der Waals surface area contributed by atoms with Crippen LogP contribution in [0, 0.1) is 0 Å². The van der Waals surface area contributed by atoms with E-state index in [2.05, 4.69) is 0 Å². The molecule has 0 saturated heterocycles. The van der Waals surface area contributed by atoms with Gasteiger partial charge in [-0.1, -0.05) is 0 Å². The molecule has 1 nitrogen and oxygen atoms in total. The average Bonchev–Trinajstić information content (AvgIpc) is 0.722. The summed E-state index contributed by atoms with van der Waals surface area (Å²) in [5, 5.41) is 0. The first-order valence-electron chi connectivity index (χ1n) is 1.72. The number of rotatable bonds is 0. The zero-order valence-corrected chi connectivity index (χ0v) is 6.05. The Morgan fingerprint density at radius 3 is 1.20 bits per heavy atom. The molecule has 0 atom stereocenters. The van der Waals surface area contributed by atoms with E-state index in [-0.39, 0.29) is 0 Å². The third-order valence-corrected chi connectivity index (χ3v) is 0. The quantitative estimate of drug-likeness (QED) is 0.436. The van der Waals surface area contributed by atoms with Crippen LogP contribution in [0.1, 0.15) is 0 Å². The molecule has 0 aliphatic heterocycles. The molecule has 0 spiro atoms. The molecule has 0 unspecified atom stereocenters. The first kappa shape index (κ1) is 5.50. The molecule has 0 heterocycles. The Kier molecular flexibility index (Phi) is 1.44. The minimum atomic E-state index is -2.00. The molecular formula is C3H9GeN. The summed E-state index contributed by atoms with van der Waals surface area (Å²) in [6, 6.07) is 0. The van der Waals surface area contributed by atoms with Crippen LogP contribution in [-0.2, 0) is 0 Å². The van der Waals surface area contributed by atoms with Crippen molar-refractivity contribution in [3.63, 3.8) is 0 Å². The molecule has 0 bridgehead atoms. The first-order chi connectivity index (χ1) is 2.00. The van der Waals surface area contributed by atoms with E-state index in [1.807, 2.05) is 17.3 Å². The van der Waals surface area contributed by atoms with E-state index < -0.39 is 13.5 Å². The summed E-state index contributed by atoms with van der Waals surface area (Å²) < 4.78 is 8.71. The Morgan fingerprint density at radius 2 is 1.20 bits per heavy atom. The van der Waals surface area contributed by atoms with Crippen LogP contribution in [0.15, 0.2) is 0 Å². The van der Waals surface area contributed by atoms with Gasteiger partial charge < -0.3 is 0 Å². The molecule has 0 aromatic carbocycles. The van der Waals surface area contributed by atoms with Gasteiger partial charge in [-0.15, -0.1) is 0 Å². The van der Waals surface area contributed by atoms with Crippen molar-refractivity contribution >= 4 is 13.5 Å². The van der Waals surface area contributed by atoms with Gasteiger partial charge in [0, 0.05) is 0 Å². The van der Waals surface area contributed by atoms with E-state index in [0.29, 0.717) is 0 Å². The van der Waals surface area contributed by atoms with Gasteiger partial charge in [0.05, 0.1) is 0 Å². The average molecular weight is 132 g/mol. The van der Waals surface area contributed by atoms with Crippen molar-refractivity contribution in [2.75, 3.05) is 0 Å². The number of hydrogen-bond acceptors (Lipinski definition) is 0. The number of nitrogens with zero attached hydrogens (tertiary/aromatic N) is 1. The van der Waals surface area contributed by atoms with Crippen molar-refractivity contribution < 1.29 is 0 Å². The minimum absolute atomic E-state index is 1.93. The second-order valence-corrected chi connectivity index (χ2v) is 11.3. The summed E-state index contributed by atoms with van der Waals surface area (Å²) in [5.74, 6) is 5.79. The first-order valence-corrected chi connectivity index (χ1v) is 8.96. The van der Waals surface area contributed by atoms with Crippen molar-refractivity contribution in [1.29, 1.82) is 0 Å². The SMILES string of the molecule is [CH3][Ge]([CH3])([CH3])[N]. The Hall–Kier alpha value is 0.503. The fourth-order valence-electron chi connectivity index (χ4n) is 0. The third kappa shape index (κ3) is 112. The fraction of sp³-hybridized carbons (Fsp3) is 1.00. The molecule has 0 aliphatic carbocycles. The van der Waals surface area contributed by atoms with Crippen molar-refractivity contribution in [2.24, 2.45) is 0 Å². The Bertz CT molecular complexity index is 22.4. The molecule has 2 heteroatoms. The van der Waals surface area contributed by atoms with Crippen LogP contribution in [0.3, 0.4) is 0 Å². The van der Waals surface area contributed by atoms with Crippen molar-refractivity contribution in [3.8, 4) is 0 Å². The number of hydrogen-bond donors (Lipinski definition) is 0. The van der Waals surface area contributed by atoms with Crippen LogP contribution in [0.5, 0.6) is 0 Å². The fourth-order valence-corrected chi connectivity index (χ4v) is 0. The van der Waals surface area contributed by atoms with E-state index in [9.17, 15) is 0 Å². The summed E-state index contributed by atoms with van der Waals surface area (Å²) >= 11 is -2.00. The summed E-state index contributed by atoms with van der Waals surface area (Å²) in [6.07, 6.45) is 0. The molecule has 0 aliphatic rings. The maximum atomic E-state index is 8.71. The molecule has 0 rings (SSSR count). The normalized spacial score (nSPS) is 12.0. The predicted octanol–water partition coefficient (Wildman–Crippen LogP) is 0.890. The van der Waals surface area contributed by atoms with Gasteiger partial charge in [-0.05, 0) is 0 Å². The van der Waals surface area contributed by atoms with E-state index in [4.69, 9.17) is 4.69 Å². The van der Waals surface area contributed by atoms with E-state index in [1.54, 1.807) is 0 Å². The van der Waals surface area contributed by atoms with Crippen LogP contribution in [0.4, 0.5) is 0 Å². The summed E-state index contributed by atoms with van der Waals surface area (Å²) in [5.41, 5.74) is 0. The maximum absolute atomic E-state index is 8.71. The van der Waals surface area contributed by atoms with Gasteiger partial charge in [-0.25, -0.2) is 0 Å². The molecular weight excluding hydrogens is 123 g/mol. The van der Waals surface area contributed by atoms with Crippen molar-refractivity contribution in [3.05, 3.63) is 0 Å². The molecule has 0 amide bonds. The molecule has 0 aromatic rings. The zero-order valence-electron chi connectivity index (χ0n) is 3.95. The van der Waals surface area contributed by atoms with Gasteiger partial charge in [0.2, 0.25) is 0 Å². The molecule has 5 heavy (non-hydrogen) atoms. The van der Waals surface area contributed by atoms with Crippen LogP contribution in [0.2, 0.25) is 17.3 Å². The third-order valence-electron chi connectivity index (χ3n) is 0. The Labute approximate surface area is 36.1 Å². The van der Waals surface area contributed by atoms with Gasteiger partial charge >= 0.3 is 35.4 Å². The van der Waals surface area contributed by atoms with Crippen molar-refractivity contribution in [2.45, 2.75) is 17.3 Å². The summed E-state index contributed by atoms with van der Waals surface area (Å²) in [4.78, 5) is 0. The Balaban J connectivity index is 3.02. The summed E-state index contributed by atoms with van der Waals surface area (Å²) in [7, 11) is 0. The van der Waals surface area contributed by atoms with E-state index in [1.165, 1.54) is 0 Å². The van der Waals surface area contributed by atoms with E-state index >= 15 is 0 Å². The second kappa shape index (κ2) is 1.31. The Morgan fingerprint density at radius 1 is 1.20 bits per heavy atom. The molecule has 2 radical (unpaired) electrons. The van der Waals surface area contributed by atoms with E-state index in [0.717, 1.165) is 0 Å². The zero-order chi connectivity index (χ0) is 4.50. The monoisotopic (exact) mass is 133 g/mol.